The Bertz CT molecular complexity index is 1050. The van der Waals surface area contributed by atoms with E-state index in [0.29, 0.717) is 39.8 Å². The number of fused-ring (bicyclic) bond motifs is 1. The van der Waals surface area contributed by atoms with Crippen LogP contribution in [0.4, 0.5) is 0 Å². The monoisotopic (exact) mass is 416 g/mol. The van der Waals surface area contributed by atoms with Crippen LogP contribution in [0, 0.1) is 0 Å². The molecule has 0 spiro atoms. The number of hydrogen-bond donors (Lipinski definition) is 0. The average Bonchev–Trinajstić information content (AvgIpc) is 2.68. The SMILES string of the molecule is CCCC(Sc1nc2ccccc2c(=O)n1-c1cccc(Cl)c1)C(=O)OCC. The number of benzene rings is 2. The smallest absolute Gasteiger partial charge is 0.319 e. The number of esters is 1. The van der Waals surface area contributed by atoms with Gasteiger partial charge in [-0.25, -0.2) is 4.98 Å². The Balaban J connectivity index is 2.18. The molecule has 5 nitrogen and oxygen atoms in total. The van der Waals surface area contributed by atoms with Crippen LogP contribution < -0.4 is 5.56 Å². The molecule has 0 aliphatic carbocycles. The maximum Gasteiger partial charge on any atom is 0.319 e. The van der Waals surface area contributed by atoms with Crippen molar-refractivity contribution in [1.82, 2.24) is 9.55 Å². The minimum atomic E-state index is -0.441. The molecular formula is C21H21ClN2O3S. The molecule has 0 saturated carbocycles. The van der Waals surface area contributed by atoms with E-state index in [1.165, 1.54) is 16.3 Å². The number of hydrogen-bond acceptors (Lipinski definition) is 5. The number of nitrogens with zero attached hydrogens (tertiary/aromatic N) is 2. The summed E-state index contributed by atoms with van der Waals surface area (Å²) in [6.07, 6.45) is 1.44. The molecule has 0 fully saturated rings. The van der Waals surface area contributed by atoms with E-state index in [1.807, 2.05) is 13.0 Å². The highest BCUT2D eigenvalue weighted by molar-refractivity contribution is 8.00. The molecule has 1 atom stereocenters. The van der Waals surface area contributed by atoms with Crippen LogP contribution >= 0.6 is 23.4 Å². The fourth-order valence-electron chi connectivity index (χ4n) is 2.88. The van der Waals surface area contributed by atoms with Crippen molar-refractivity contribution in [3.05, 3.63) is 63.9 Å². The van der Waals surface area contributed by atoms with E-state index in [1.54, 1.807) is 49.4 Å². The van der Waals surface area contributed by atoms with E-state index >= 15 is 0 Å². The van der Waals surface area contributed by atoms with Gasteiger partial charge in [-0.1, -0.05) is 54.9 Å². The van der Waals surface area contributed by atoms with Crippen molar-refractivity contribution in [2.45, 2.75) is 37.1 Å². The number of carbonyl (C=O) groups is 1. The Kier molecular flexibility index (Phi) is 6.75. The third kappa shape index (κ3) is 4.39. The van der Waals surface area contributed by atoms with Crippen LogP contribution in [0.1, 0.15) is 26.7 Å². The van der Waals surface area contributed by atoms with Gasteiger partial charge >= 0.3 is 5.97 Å². The number of thioether (sulfide) groups is 1. The largest absolute Gasteiger partial charge is 0.465 e. The van der Waals surface area contributed by atoms with Gasteiger partial charge < -0.3 is 4.74 Å². The molecule has 1 aromatic heterocycles. The number of rotatable bonds is 7. The van der Waals surface area contributed by atoms with Gasteiger partial charge in [0.25, 0.3) is 5.56 Å². The Morgan fingerprint density at radius 3 is 2.71 bits per heavy atom. The van der Waals surface area contributed by atoms with Crippen LogP contribution in [0.3, 0.4) is 0 Å². The summed E-state index contributed by atoms with van der Waals surface area (Å²) in [5.74, 6) is -0.297. The van der Waals surface area contributed by atoms with Crippen LogP contribution in [-0.2, 0) is 9.53 Å². The maximum atomic E-state index is 13.2. The molecule has 0 N–H and O–H groups in total. The summed E-state index contributed by atoms with van der Waals surface area (Å²) >= 11 is 7.40. The minimum Gasteiger partial charge on any atom is -0.465 e. The molecule has 1 unspecified atom stereocenters. The molecule has 2 aromatic carbocycles. The van der Waals surface area contributed by atoms with Gasteiger partial charge in [0, 0.05) is 5.02 Å². The first kappa shape index (κ1) is 20.4. The van der Waals surface area contributed by atoms with Gasteiger partial charge in [-0.3, -0.25) is 14.2 Å². The van der Waals surface area contributed by atoms with Crippen molar-refractivity contribution in [3.8, 4) is 5.69 Å². The van der Waals surface area contributed by atoms with Crippen molar-refractivity contribution < 1.29 is 9.53 Å². The van der Waals surface area contributed by atoms with Gasteiger partial charge in [0.1, 0.15) is 5.25 Å². The van der Waals surface area contributed by atoms with Gasteiger partial charge in [0.15, 0.2) is 5.16 Å². The van der Waals surface area contributed by atoms with Crippen LogP contribution in [-0.4, -0.2) is 27.4 Å². The first-order valence-electron chi connectivity index (χ1n) is 9.16. The second-order valence-electron chi connectivity index (χ2n) is 6.18. The first-order chi connectivity index (χ1) is 13.5. The molecule has 0 aliphatic heterocycles. The fourth-order valence-corrected chi connectivity index (χ4v) is 4.29. The van der Waals surface area contributed by atoms with E-state index < -0.39 is 5.25 Å². The summed E-state index contributed by atoms with van der Waals surface area (Å²) in [5.41, 5.74) is 0.999. The zero-order valence-electron chi connectivity index (χ0n) is 15.7. The Labute approximate surface area is 172 Å². The number of aromatic nitrogens is 2. The molecule has 0 radical (unpaired) electrons. The third-order valence-electron chi connectivity index (χ3n) is 4.16. The fraction of sp³-hybridized carbons (Fsp3) is 0.286. The summed E-state index contributed by atoms with van der Waals surface area (Å²) in [6, 6.07) is 14.2. The zero-order valence-corrected chi connectivity index (χ0v) is 17.3. The number of carbonyl (C=O) groups excluding carboxylic acids is 1. The first-order valence-corrected chi connectivity index (χ1v) is 10.4. The molecule has 0 bridgehead atoms. The van der Waals surface area contributed by atoms with Gasteiger partial charge in [0.05, 0.1) is 23.2 Å². The second kappa shape index (κ2) is 9.26. The standard InChI is InChI=1S/C21H21ClN2O3S/c1-3-8-18(20(26)27-4-2)28-21-23-17-12-6-5-11-16(17)19(25)24(21)15-10-7-9-14(22)13-15/h5-7,9-13,18H,3-4,8H2,1-2H3. The summed E-state index contributed by atoms with van der Waals surface area (Å²) < 4.78 is 6.73. The molecule has 7 heteroatoms. The van der Waals surface area contributed by atoms with Crippen LogP contribution in [0.2, 0.25) is 5.02 Å². The lowest BCUT2D eigenvalue weighted by atomic mass is 10.2. The van der Waals surface area contributed by atoms with E-state index in [0.717, 1.165) is 6.42 Å². The summed E-state index contributed by atoms with van der Waals surface area (Å²) in [5, 5.41) is 1.03. The predicted molar refractivity (Wildman–Crippen MR) is 114 cm³/mol. The van der Waals surface area contributed by atoms with Crippen molar-refractivity contribution in [1.29, 1.82) is 0 Å². The molecule has 3 rings (SSSR count). The van der Waals surface area contributed by atoms with E-state index in [4.69, 9.17) is 16.3 Å². The summed E-state index contributed by atoms with van der Waals surface area (Å²) in [7, 11) is 0. The van der Waals surface area contributed by atoms with Crippen LogP contribution in [0.15, 0.2) is 58.5 Å². The van der Waals surface area contributed by atoms with Crippen molar-refractivity contribution in [2.24, 2.45) is 0 Å². The Morgan fingerprint density at radius 1 is 1.21 bits per heavy atom. The van der Waals surface area contributed by atoms with E-state index in [-0.39, 0.29) is 11.5 Å². The second-order valence-corrected chi connectivity index (χ2v) is 7.79. The van der Waals surface area contributed by atoms with E-state index in [9.17, 15) is 9.59 Å². The Morgan fingerprint density at radius 2 is 2.00 bits per heavy atom. The van der Waals surface area contributed by atoms with Crippen LogP contribution in [0.5, 0.6) is 0 Å². The predicted octanol–water partition coefficient (Wildman–Crippen LogP) is 4.86. The van der Waals surface area contributed by atoms with Gasteiger partial charge in [0.2, 0.25) is 0 Å². The van der Waals surface area contributed by atoms with Gasteiger partial charge in [-0.05, 0) is 43.7 Å². The molecule has 0 aliphatic rings. The minimum absolute atomic E-state index is 0.200. The van der Waals surface area contributed by atoms with Crippen LogP contribution in [0.25, 0.3) is 16.6 Å². The zero-order chi connectivity index (χ0) is 20.1. The molecule has 3 aromatic rings. The number of halogens is 1. The lowest BCUT2D eigenvalue weighted by Gasteiger charge is -2.18. The summed E-state index contributed by atoms with van der Waals surface area (Å²) in [6.45, 7) is 4.10. The molecule has 146 valence electrons. The topological polar surface area (TPSA) is 61.2 Å². The third-order valence-corrected chi connectivity index (χ3v) is 5.59. The van der Waals surface area contributed by atoms with Gasteiger partial charge in [-0.2, -0.15) is 0 Å². The molecule has 0 amide bonds. The van der Waals surface area contributed by atoms with Crippen molar-refractivity contribution in [2.75, 3.05) is 6.61 Å². The lowest BCUT2D eigenvalue weighted by molar-refractivity contribution is -0.142. The normalized spacial score (nSPS) is 12.1. The van der Waals surface area contributed by atoms with Crippen molar-refractivity contribution >= 4 is 40.2 Å². The van der Waals surface area contributed by atoms with Crippen molar-refractivity contribution in [3.63, 3.8) is 0 Å². The highest BCUT2D eigenvalue weighted by Gasteiger charge is 2.24. The molecule has 1 heterocycles. The number of ether oxygens (including phenoxy) is 1. The lowest BCUT2D eigenvalue weighted by Crippen LogP contribution is -2.25. The Hall–Kier alpha value is -2.31. The average molecular weight is 417 g/mol. The molecule has 28 heavy (non-hydrogen) atoms. The highest BCUT2D eigenvalue weighted by Crippen LogP contribution is 2.29. The highest BCUT2D eigenvalue weighted by atomic mass is 35.5. The maximum absolute atomic E-state index is 13.2. The summed E-state index contributed by atoms with van der Waals surface area (Å²) in [4.78, 5) is 30.3. The quantitative estimate of drug-likeness (QED) is 0.312. The molecular weight excluding hydrogens is 396 g/mol. The number of para-hydroxylation sites is 1. The van der Waals surface area contributed by atoms with E-state index in [2.05, 4.69) is 4.98 Å². The molecule has 0 saturated heterocycles. The van der Waals surface area contributed by atoms with Gasteiger partial charge in [-0.15, -0.1) is 0 Å².